The van der Waals surface area contributed by atoms with Crippen LogP contribution in [0.1, 0.15) is 16.8 Å². The van der Waals surface area contributed by atoms with Crippen LogP contribution in [0.2, 0.25) is 0 Å². The quantitative estimate of drug-likeness (QED) is 0.535. The van der Waals surface area contributed by atoms with E-state index in [1.54, 1.807) is 17.0 Å². The van der Waals surface area contributed by atoms with E-state index < -0.39 is 5.82 Å². The maximum Gasteiger partial charge on any atom is 0.295 e. The van der Waals surface area contributed by atoms with Crippen LogP contribution in [0.3, 0.4) is 0 Å². The predicted octanol–water partition coefficient (Wildman–Crippen LogP) is 4.20. The molecule has 0 bridgehead atoms. The first-order valence-electron chi connectivity index (χ1n) is 9.77. The van der Waals surface area contributed by atoms with Gasteiger partial charge < -0.3 is 19.2 Å². The van der Waals surface area contributed by atoms with E-state index in [0.29, 0.717) is 36.5 Å². The highest BCUT2D eigenvalue weighted by molar-refractivity contribution is 5.99. The molecular formula is C22H19FN4O3. The summed E-state index contributed by atoms with van der Waals surface area (Å²) in [6.07, 6.45) is 2.32. The van der Waals surface area contributed by atoms with Crippen molar-refractivity contribution in [3.05, 3.63) is 66.1 Å². The van der Waals surface area contributed by atoms with Crippen LogP contribution in [0.5, 0.6) is 0 Å². The number of nitrogens with one attached hydrogen (secondary N) is 1. The number of anilines is 1. The molecule has 1 aliphatic rings. The van der Waals surface area contributed by atoms with E-state index in [0.717, 1.165) is 12.0 Å². The van der Waals surface area contributed by atoms with Gasteiger partial charge in [0.15, 0.2) is 17.2 Å². The monoisotopic (exact) mass is 406 g/mol. The lowest BCUT2D eigenvalue weighted by Crippen LogP contribution is -2.29. The van der Waals surface area contributed by atoms with Gasteiger partial charge >= 0.3 is 0 Å². The summed E-state index contributed by atoms with van der Waals surface area (Å²) in [7, 11) is 0. The Morgan fingerprint density at radius 2 is 2.07 bits per heavy atom. The van der Waals surface area contributed by atoms with Gasteiger partial charge in [-0.15, -0.1) is 0 Å². The number of hydrogen-bond acceptors (Lipinski definition) is 6. The van der Waals surface area contributed by atoms with Crippen LogP contribution in [-0.4, -0.2) is 40.6 Å². The van der Waals surface area contributed by atoms with Crippen molar-refractivity contribution in [3.8, 4) is 11.3 Å². The molecular weight excluding hydrogens is 387 g/mol. The Balaban J connectivity index is 1.23. The Kier molecular flexibility index (Phi) is 4.66. The van der Waals surface area contributed by atoms with Gasteiger partial charge in [-0.2, -0.15) is 4.98 Å². The lowest BCUT2D eigenvalue weighted by Gasteiger charge is -2.16. The van der Waals surface area contributed by atoms with E-state index >= 15 is 0 Å². The van der Waals surface area contributed by atoms with Crippen LogP contribution in [0.15, 0.2) is 63.7 Å². The van der Waals surface area contributed by atoms with E-state index in [1.165, 1.54) is 12.3 Å². The maximum absolute atomic E-state index is 13.8. The topological polar surface area (TPSA) is 84.4 Å². The van der Waals surface area contributed by atoms with Crippen molar-refractivity contribution in [2.75, 3.05) is 25.0 Å². The van der Waals surface area contributed by atoms with Crippen LogP contribution in [-0.2, 0) is 0 Å². The molecule has 1 aliphatic heterocycles. The molecule has 152 valence electrons. The number of rotatable bonds is 5. The molecule has 8 heteroatoms. The van der Waals surface area contributed by atoms with Crippen LogP contribution < -0.4 is 5.32 Å². The lowest BCUT2D eigenvalue weighted by atomic mass is 10.1. The van der Waals surface area contributed by atoms with Gasteiger partial charge in [0.05, 0.1) is 6.20 Å². The van der Waals surface area contributed by atoms with Gasteiger partial charge in [-0.1, -0.05) is 41.6 Å². The molecule has 0 spiro atoms. The summed E-state index contributed by atoms with van der Waals surface area (Å²) < 4.78 is 24.6. The summed E-state index contributed by atoms with van der Waals surface area (Å²) in [6.45, 7) is 1.82. The third kappa shape index (κ3) is 3.41. The molecule has 4 aromatic rings. The van der Waals surface area contributed by atoms with Gasteiger partial charge in [0.2, 0.25) is 0 Å². The number of likely N-dealkylation sites (tertiary alicyclic amines) is 1. The number of benzene rings is 2. The first-order valence-corrected chi connectivity index (χ1v) is 9.77. The smallest absolute Gasteiger partial charge is 0.295 e. The molecule has 30 heavy (non-hydrogen) atoms. The molecule has 2 aromatic carbocycles. The largest absolute Gasteiger partial charge is 0.420 e. The van der Waals surface area contributed by atoms with Crippen molar-refractivity contribution in [2.24, 2.45) is 5.92 Å². The molecule has 1 unspecified atom stereocenters. The Morgan fingerprint density at radius 1 is 1.20 bits per heavy atom. The van der Waals surface area contributed by atoms with Crippen LogP contribution in [0.25, 0.3) is 22.4 Å². The summed E-state index contributed by atoms with van der Waals surface area (Å²) in [5.74, 6) is 0.180. The number of carbonyl (C=O) groups excluding carboxylic acids is 1. The highest BCUT2D eigenvalue weighted by Gasteiger charge is 2.30. The minimum Gasteiger partial charge on any atom is -0.420 e. The fourth-order valence-corrected chi connectivity index (χ4v) is 3.77. The van der Waals surface area contributed by atoms with E-state index in [2.05, 4.69) is 15.5 Å². The molecule has 3 heterocycles. The van der Waals surface area contributed by atoms with Crippen molar-refractivity contribution >= 4 is 23.0 Å². The Hall–Kier alpha value is -3.68. The normalized spacial score (nSPS) is 16.3. The Morgan fingerprint density at radius 3 is 2.90 bits per heavy atom. The minimum absolute atomic E-state index is 0.0958. The summed E-state index contributed by atoms with van der Waals surface area (Å²) in [6, 6.07) is 14.4. The zero-order valence-corrected chi connectivity index (χ0v) is 16.0. The lowest BCUT2D eigenvalue weighted by molar-refractivity contribution is 0.0788. The van der Waals surface area contributed by atoms with Crippen molar-refractivity contribution < 1.29 is 18.1 Å². The van der Waals surface area contributed by atoms with Crippen LogP contribution in [0, 0.1) is 11.7 Å². The molecule has 0 radical (unpaired) electrons. The molecule has 7 nitrogen and oxygen atoms in total. The van der Waals surface area contributed by atoms with E-state index in [1.807, 2.05) is 30.3 Å². The van der Waals surface area contributed by atoms with E-state index in [4.69, 9.17) is 8.94 Å². The van der Waals surface area contributed by atoms with Gasteiger partial charge in [0, 0.05) is 25.2 Å². The number of hydrogen-bond donors (Lipinski definition) is 1. The summed E-state index contributed by atoms with van der Waals surface area (Å²) >= 11 is 0. The van der Waals surface area contributed by atoms with Gasteiger partial charge in [0.25, 0.3) is 11.9 Å². The molecule has 1 fully saturated rings. The number of fused-ring (bicyclic) bond motifs is 1. The van der Waals surface area contributed by atoms with Gasteiger partial charge in [-0.3, -0.25) is 4.79 Å². The molecule has 0 aliphatic carbocycles. The third-order valence-electron chi connectivity index (χ3n) is 5.32. The average molecular weight is 406 g/mol. The molecule has 1 N–H and O–H groups in total. The molecule has 1 amide bonds. The maximum atomic E-state index is 13.8. The van der Waals surface area contributed by atoms with E-state index in [-0.39, 0.29) is 23.4 Å². The minimum atomic E-state index is -0.436. The van der Waals surface area contributed by atoms with Crippen molar-refractivity contribution in [2.45, 2.75) is 6.42 Å². The zero-order valence-electron chi connectivity index (χ0n) is 16.0. The number of para-hydroxylation sites is 1. The molecule has 1 atom stereocenters. The van der Waals surface area contributed by atoms with Crippen molar-refractivity contribution in [3.63, 3.8) is 0 Å². The Labute approximate surface area is 171 Å². The second-order valence-electron chi connectivity index (χ2n) is 7.33. The van der Waals surface area contributed by atoms with Gasteiger partial charge in [-0.05, 0) is 24.5 Å². The average Bonchev–Trinajstić information content (AvgIpc) is 3.51. The van der Waals surface area contributed by atoms with Crippen molar-refractivity contribution in [1.82, 2.24) is 15.0 Å². The standard InChI is InChI=1S/C22H19FN4O3/c23-17-7-4-8-18-20(17)29-22(26-18)24-11-14-9-10-27(13-14)21(28)16-12-25-30-19(16)15-5-2-1-3-6-15/h1-8,12,14H,9-11,13H2,(H,24,26). The second-order valence-corrected chi connectivity index (χ2v) is 7.33. The first kappa shape index (κ1) is 18.4. The molecule has 1 saturated heterocycles. The van der Waals surface area contributed by atoms with Crippen LogP contribution >= 0.6 is 0 Å². The summed E-state index contributed by atoms with van der Waals surface area (Å²) in [5, 5.41) is 6.95. The Bertz CT molecular complexity index is 1190. The first-order chi connectivity index (χ1) is 14.7. The number of nitrogens with zero attached hydrogens (tertiary/aromatic N) is 3. The van der Waals surface area contributed by atoms with Crippen molar-refractivity contribution in [1.29, 1.82) is 0 Å². The third-order valence-corrected chi connectivity index (χ3v) is 5.32. The molecule has 2 aromatic heterocycles. The second kappa shape index (κ2) is 7.62. The summed E-state index contributed by atoms with van der Waals surface area (Å²) in [4.78, 5) is 19.1. The zero-order chi connectivity index (χ0) is 20.5. The number of oxazole rings is 1. The fraction of sp³-hybridized carbons (Fsp3) is 0.227. The van der Waals surface area contributed by atoms with Gasteiger partial charge in [0.1, 0.15) is 11.1 Å². The van der Waals surface area contributed by atoms with Crippen LogP contribution in [0.4, 0.5) is 10.4 Å². The van der Waals surface area contributed by atoms with Gasteiger partial charge in [-0.25, -0.2) is 4.39 Å². The number of halogens is 1. The SMILES string of the molecule is O=C(c1cnoc1-c1ccccc1)N1CCC(CNc2nc3cccc(F)c3o2)C1. The number of amides is 1. The molecule has 5 rings (SSSR count). The van der Waals surface area contributed by atoms with E-state index in [9.17, 15) is 9.18 Å². The summed E-state index contributed by atoms with van der Waals surface area (Å²) in [5.41, 5.74) is 1.90. The highest BCUT2D eigenvalue weighted by Crippen LogP contribution is 2.27. The fourth-order valence-electron chi connectivity index (χ4n) is 3.77. The number of aromatic nitrogens is 2. The number of carbonyl (C=O) groups is 1. The molecule has 0 saturated carbocycles. The highest BCUT2D eigenvalue weighted by atomic mass is 19.1. The predicted molar refractivity (Wildman–Crippen MR) is 108 cm³/mol.